The van der Waals surface area contributed by atoms with Crippen molar-refractivity contribution in [2.75, 3.05) is 19.1 Å². The molecule has 1 aliphatic rings. The molecule has 1 saturated heterocycles. The first kappa shape index (κ1) is 23.2. The second-order valence-electron chi connectivity index (χ2n) is 7.79. The summed E-state index contributed by atoms with van der Waals surface area (Å²) in [6.45, 7) is 1.84. The third-order valence-corrected chi connectivity index (χ3v) is 5.98. The lowest BCUT2D eigenvalue weighted by Crippen LogP contribution is -2.29. The van der Waals surface area contributed by atoms with Gasteiger partial charge in [-0.1, -0.05) is 35.4 Å². The van der Waals surface area contributed by atoms with Crippen LogP contribution in [0.25, 0.3) is 5.76 Å². The highest BCUT2D eigenvalue weighted by atomic mass is 35.5. The van der Waals surface area contributed by atoms with Crippen molar-refractivity contribution >= 4 is 34.7 Å². The number of carbonyl (C=O) groups excluding carboxylic acids is 2. The van der Waals surface area contributed by atoms with Gasteiger partial charge in [0.05, 0.1) is 36.4 Å². The van der Waals surface area contributed by atoms with Gasteiger partial charge in [0, 0.05) is 11.8 Å². The molecule has 4 rings (SSSR count). The third-order valence-electron chi connectivity index (χ3n) is 5.67. The molecule has 0 spiro atoms. The van der Waals surface area contributed by atoms with Gasteiger partial charge >= 0.3 is 0 Å². The molecule has 1 atom stereocenters. The van der Waals surface area contributed by atoms with Gasteiger partial charge in [-0.25, -0.2) is 0 Å². The summed E-state index contributed by atoms with van der Waals surface area (Å²) < 4.78 is 10.7. The molecule has 0 aliphatic carbocycles. The van der Waals surface area contributed by atoms with Crippen LogP contribution in [0.3, 0.4) is 0 Å². The van der Waals surface area contributed by atoms with E-state index in [1.165, 1.54) is 31.3 Å². The van der Waals surface area contributed by atoms with Crippen LogP contribution in [0.2, 0.25) is 5.02 Å². The van der Waals surface area contributed by atoms with Crippen LogP contribution in [0.4, 0.5) is 5.69 Å². The van der Waals surface area contributed by atoms with Gasteiger partial charge in [0.25, 0.3) is 11.7 Å². The molecule has 1 heterocycles. The maximum absolute atomic E-state index is 13.3. The van der Waals surface area contributed by atoms with Gasteiger partial charge in [-0.15, -0.1) is 0 Å². The van der Waals surface area contributed by atoms with Gasteiger partial charge in [-0.05, 0) is 48.9 Å². The van der Waals surface area contributed by atoms with Crippen molar-refractivity contribution in [3.63, 3.8) is 0 Å². The fourth-order valence-corrected chi connectivity index (χ4v) is 4.21. The highest BCUT2D eigenvalue weighted by Crippen LogP contribution is 2.45. The quantitative estimate of drug-likeness (QED) is 0.304. The number of aromatic hydroxyl groups is 1. The van der Waals surface area contributed by atoms with Crippen LogP contribution < -0.4 is 14.4 Å². The van der Waals surface area contributed by atoms with E-state index in [0.717, 1.165) is 5.56 Å². The number of ether oxygens (including phenoxy) is 2. The number of rotatable bonds is 5. The van der Waals surface area contributed by atoms with Crippen LogP contribution in [0.5, 0.6) is 17.2 Å². The zero-order valence-corrected chi connectivity index (χ0v) is 19.5. The molecular formula is C26H22ClNO6. The van der Waals surface area contributed by atoms with Gasteiger partial charge in [-0.3, -0.25) is 14.5 Å². The molecule has 0 radical (unpaired) electrons. The number of hydrogen-bond donors (Lipinski definition) is 2. The molecule has 8 heteroatoms. The van der Waals surface area contributed by atoms with E-state index in [1.807, 2.05) is 13.0 Å². The average Bonchev–Trinajstić information content (AvgIpc) is 3.10. The van der Waals surface area contributed by atoms with Crippen molar-refractivity contribution in [3.8, 4) is 17.2 Å². The van der Waals surface area contributed by atoms with Crippen LogP contribution in [-0.2, 0) is 9.59 Å². The number of aliphatic hydroxyl groups excluding tert-OH is 1. The molecule has 0 bridgehead atoms. The summed E-state index contributed by atoms with van der Waals surface area (Å²) in [5.41, 5.74) is 1.80. The highest BCUT2D eigenvalue weighted by molar-refractivity contribution is 6.51. The first-order valence-electron chi connectivity index (χ1n) is 10.3. The number of benzene rings is 3. The normalized spacial score (nSPS) is 17.2. The van der Waals surface area contributed by atoms with E-state index >= 15 is 0 Å². The van der Waals surface area contributed by atoms with Gasteiger partial charge < -0.3 is 19.7 Å². The number of methoxy groups -OCH3 is 2. The standard InChI is InChI=1S/C26H22ClNO6/c1-14-7-10-21(34-3)18(11-14)24(30)22-23(15-8-9-20(29)19(27)12-15)28(26(32)25(22)31)16-5-4-6-17(13-16)33-2/h4-13,23,29-30H,1-3H3/b24-22+. The molecule has 0 aromatic heterocycles. The monoisotopic (exact) mass is 479 g/mol. The minimum atomic E-state index is -1.02. The van der Waals surface area contributed by atoms with Crippen LogP contribution in [0.15, 0.2) is 66.2 Å². The molecule has 1 aliphatic heterocycles. The number of carbonyl (C=O) groups is 2. The van der Waals surface area contributed by atoms with E-state index in [4.69, 9.17) is 21.1 Å². The molecule has 3 aromatic carbocycles. The van der Waals surface area contributed by atoms with Crippen LogP contribution in [0, 0.1) is 6.92 Å². The predicted octanol–water partition coefficient (Wildman–Crippen LogP) is 5.00. The number of aryl methyl sites for hydroxylation is 1. The number of anilines is 1. The van der Waals surface area contributed by atoms with E-state index in [9.17, 15) is 19.8 Å². The van der Waals surface area contributed by atoms with Gasteiger partial charge in [0.2, 0.25) is 0 Å². The summed E-state index contributed by atoms with van der Waals surface area (Å²) in [6.07, 6.45) is 0. The van der Waals surface area contributed by atoms with Crippen molar-refractivity contribution in [3.05, 3.63) is 87.9 Å². The first-order valence-corrected chi connectivity index (χ1v) is 10.7. The summed E-state index contributed by atoms with van der Waals surface area (Å²) in [5.74, 6) is -1.38. The second-order valence-corrected chi connectivity index (χ2v) is 8.19. The zero-order valence-electron chi connectivity index (χ0n) is 18.7. The number of Topliss-reactive ketones (excluding diaryl/α,β-unsaturated/α-hetero) is 1. The molecule has 3 aromatic rings. The Hall–Kier alpha value is -3.97. The summed E-state index contributed by atoms with van der Waals surface area (Å²) >= 11 is 6.16. The zero-order chi connectivity index (χ0) is 24.6. The molecule has 7 nitrogen and oxygen atoms in total. The molecule has 2 N–H and O–H groups in total. The smallest absolute Gasteiger partial charge is 0.300 e. The van der Waals surface area contributed by atoms with E-state index in [0.29, 0.717) is 22.7 Å². The third kappa shape index (κ3) is 3.95. The molecule has 1 unspecified atom stereocenters. The molecule has 1 fully saturated rings. The Bertz CT molecular complexity index is 1330. The number of halogens is 1. The van der Waals surface area contributed by atoms with Crippen LogP contribution >= 0.6 is 11.6 Å². The number of aliphatic hydroxyl groups is 1. The Morgan fingerprint density at radius 1 is 1.00 bits per heavy atom. The number of phenolic OH excluding ortho intramolecular Hbond substituents is 1. The molecular weight excluding hydrogens is 458 g/mol. The average molecular weight is 480 g/mol. The van der Waals surface area contributed by atoms with Crippen molar-refractivity contribution in [1.82, 2.24) is 0 Å². The van der Waals surface area contributed by atoms with E-state index in [2.05, 4.69) is 0 Å². The number of amides is 1. The first-order chi connectivity index (χ1) is 16.3. The van der Waals surface area contributed by atoms with Crippen molar-refractivity contribution in [2.45, 2.75) is 13.0 Å². The second kappa shape index (κ2) is 9.11. The number of nitrogens with zero attached hydrogens (tertiary/aromatic N) is 1. The Labute approximate surface area is 201 Å². The van der Waals surface area contributed by atoms with Crippen LogP contribution in [-0.4, -0.2) is 36.1 Å². The number of phenols is 1. The maximum Gasteiger partial charge on any atom is 0.300 e. The molecule has 1 amide bonds. The van der Waals surface area contributed by atoms with Crippen molar-refractivity contribution in [1.29, 1.82) is 0 Å². The van der Waals surface area contributed by atoms with E-state index < -0.39 is 17.7 Å². The Morgan fingerprint density at radius 3 is 2.44 bits per heavy atom. The molecule has 174 valence electrons. The van der Waals surface area contributed by atoms with Crippen molar-refractivity contribution < 1.29 is 29.3 Å². The van der Waals surface area contributed by atoms with E-state index in [-0.39, 0.29) is 27.7 Å². The van der Waals surface area contributed by atoms with Crippen molar-refractivity contribution in [2.24, 2.45) is 0 Å². The lowest BCUT2D eigenvalue weighted by molar-refractivity contribution is -0.132. The number of ketones is 1. The van der Waals surface area contributed by atoms with Gasteiger partial charge in [-0.2, -0.15) is 0 Å². The predicted molar refractivity (Wildman–Crippen MR) is 129 cm³/mol. The number of hydrogen-bond acceptors (Lipinski definition) is 6. The SMILES string of the molecule is COc1cccc(N2C(=O)C(=O)/C(=C(/O)c3cc(C)ccc3OC)C2c2ccc(O)c(Cl)c2)c1. The lowest BCUT2D eigenvalue weighted by Gasteiger charge is -2.26. The molecule has 0 saturated carbocycles. The Balaban J connectivity index is 2.01. The lowest BCUT2D eigenvalue weighted by atomic mass is 9.94. The molecule has 34 heavy (non-hydrogen) atoms. The summed E-state index contributed by atoms with van der Waals surface area (Å²) in [5, 5.41) is 21.3. The minimum absolute atomic E-state index is 0.0434. The largest absolute Gasteiger partial charge is 0.507 e. The Morgan fingerprint density at radius 2 is 1.76 bits per heavy atom. The fourth-order valence-electron chi connectivity index (χ4n) is 4.02. The van der Waals surface area contributed by atoms with Crippen LogP contribution in [0.1, 0.15) is 22.7 Å². The van der Waals surface area contributed by atoms with E-state index in [1.54, 1.807) is 42.5 Å². The highest BCUT2D eigenvalue weighted by Gasteiger charge is 2.47. The van der Waals surface area contributed by atoms with Gasteiger partial charge in [0.1, 0.15) is 23.0 Å². The fraction of sp³-hybridized carbons (Fsp3) is 0.154. The maximum atomic E-state index is 13.3. The van der Waals surface area contributed by atoms with Gasteiger partial charge in [0.15, 0.2) is 0 Å². The topological polar surface area (TPSA) is 96.3 Å². The Kier molecular flexibility index (Phi) is 6.22. The summed E-state index contributed by atoms with van der Waals surface area (Å²) in [6, 6.07) is 15.2. The summed E-state index contributed by atoms with van der Waals surface area (Å²) in [7, 11) is 2.95. The summed E-state index contributed by atoms with van der Waals surface area (Å²) in [4.78, 5) is 27.9. The minimum Gasteiger partial charge on any atom is -0.507 e.